The van der Waals surface area contributed by atoms with Crippen molar-refractivity contribution >= 4 is 16.7 Å². The minimum atomic E-state index is -0.242. The molecule has 6 heteroatoms. The molecule has 0 unspecified atom stereocenters. The molecule has 2 aliphatic rings. The molecule has 0 amide bonds. The van der Waals surface area contributed by atoms with Crippen molar-refractivity contribution in [1.29, 1.82) is 0 Å². The van der Waals surface area contributed by atoms with Crippen LogP contribution in [0.25, 0.3) is 10.9 Å². The predicted molar refractivity (Wildman–Crippen MR) is 111 cm³/mol. The highest BCUT2D eigenvalue weighted by molar-refractivity contribution is 5.98. The van der Waals surface area contributed by atoms with Crippen molar-refractivity contribution in [1.82, 2.24) is 9.88 Å². The van der Waals surface area contributed by atoms with E-state index in [4.69, 9.17) is 9.47 Å². The standard InChI is InChI=1S/C24H23FN2O3/c25-20-12-17-2-1-7-26-23(17)19(13-20)15-27-8-5-16(6-9-27)24(28)18-3-4-21-22(14-18)30-11-10-29-21/h1-4,7,12-14,16H,5-6,8-11,15H2. The molecule has 0 atom stereocenters. The molecule has 5 rings (SSSR count). The lowest BCUT2D eigenvalue weighted by molar-refractivity contribution is 0.0834. The number of Topliss-reactive ketones (excluding diaryl/α,β-unsaturated/α-hetero) is 1. The molecule has 1 saturated heterocycles. The van der Waals surface area contributed by atoms with Gasteiger partial charge in [-0.3, -0.25) is 14.7 Å². The van der Waals surface area contributed by atoms with E-state index in [0.29, 0.717) is 36.8 Å². The molecule has 1 aromatic heterocycles. The zero-order valence-corrected chi connectivity index (χ0v) is 16.6. The van der Waals surface area contributed by atoms with Crippen molar-refractivity contribution in [3.05, 3.63) is 65.6 Å². The lowest BCUT2D eigenvalue weighted by atomic mass is 9.88. The number of hydrogen-bond acceptors (Lipinski definition) is 5. The van der Waals surface area contributed by atoms with Crippen LogP contribution in [0.3, 0.4) is 0 Å². The van der Waals surface area contributed by atoms with Gasteiger partial charge in [-0.25, -0.2) is 4.39 Å². The Kier molecular flexibility index (Phi) is 5.09. The van der Waals surface area contributed by atoms with Crippen molar-refractivity contribution < 1.29 is 18.7 Å². The topological polar surface area (TPSA) is 51.7 Å². The average molecular weight is 406 g/mol. The molecule has 2 aromatic carbocycles. The van der Waals surface area contributed by atoms with Crippen LogP contribution in [0.2, 0.25) is 0 Å². The number of benzene rings is 2. The van der Waals surface area contributed by atoms with E-state index < -0.39 is 0 Å². The third kappa shape index (κ3) is 3.75. The first-order valence-corrected chi connectivity index (χ1v) is 10.4. The molecule has 154 valence electrons. The number of likely N-dealkylation sites (tertiary alicyclic amines) is 1. The summed E-state index contributed by atoms with van der Waals surface area (Å²) in [6.45, 7) is 3.27. The van der Waals surface area contributed by atoms with E-state index in [2.05, 4.69) is 9.88 Å². The number of nitrogens with zero attached hydrogens (tertiary/aromatic N) is 2. The number of aromatic nitrogens is 1. The Labute approximate surface area is 174 Å². The summed E-state index contributed by atoms with van der Waals surface area (Å²) < 4.78 is 25.2. The Bertz CT molecular complexity index is 1090. The third-order valence-electron chi connectivity index (χ3n) is 5.93. The molecule has 2 aliphatic heterocycles. The molecular formula is C24H23FN2O3. The summed E-state index contributed by atoms with van der Waals surface area (Å²) in [6, 6.07) is 12.2. The highest BCUT2D eigenvalue weighted by Gasteiger charge is 2.27. The lowest BCUT2D eigenvalue weighted by Gasteiger charge is -2.31. The van der Waals surface area contributed by atoms with Crippen LogP contribution >= 0.6 is 0 Å². The molecule has 0 spiro atoms. The summed E-state index contributed by atoms with van der Waals surface area (Å²) in [7, 11) is 0. The zero-order valence-electron chi connectivity index (χ0n) is 16.6. The molecule has 0 bridgehead atoms. The van der Waals surface area contributed by atoms with Crippen molar-refractivity contribution in [3.8, 4) is 11.5 Å². The van der Waals surface area contributed by atoms with E-state index in [0.717, 1.165) is 42.4 Å². The van der Waals surface area contributed by atoms with Crippen LogP contribution in [0.1, 0.15) is 28.8 Å². The van der Waals surface area contributed by atoms with Gasteiger partial charge in [0.15, 0.2) is 17.3 Å². The van der Waals surface area contributed by atoms with Gasteiger partial charge in [0.2, 0.25) is 0 Å². The first kappa shape index (κ1) is 19.0. The predicted octanol–water partition coefficient (Wildman–Crippen LogP) is 4.24. The Balaban J connectivity index is 1.25. The van der Waals surface area contributed by atoms with Gasteiger partial charge in [-0.1, -0.05) is 6.07 Å². The van der Waals surface area contributed by atoms with E-state index in [9.17, 15) is 9.18 Å². The second-order valence-electron chi connectivity index (χ2n) is 7.91. The maximum Gasteiger partial charge on any atom is 0.166 e. The van der Waals surface area contributed by atoms with E-state index in [1.54, 1.807) is 18.3 Å². The number of hydrogen-bond donors (Lipinski definition) is 0. The van der Waals surface area contributed by atoms with Gasteiger partial charge in [0.05, 0.1) is 5.52 Å². The first-order chi connectivity index (χ1) is 14.7. The second kappa shape index (κ2) is 8.03. The number of fused-ring (bicyclic) bond motifs is 2. The van der Waals surface area contributed by atoms with E-state index in [1.165, 1.54) is 6.07 Å². The second-order valence-corrected chi connectivity index (χ2v) is 7.91. The van der Waals surface area contributed by atoms with Crippen molar-refractivity contribution in [2.45, 2.75) is 19.4 Å². The smallest absolute Gasteiger partial charge is 0.166 e. The normalized spacial score (nSPS) is 17.2. The van der Waals surface area contributed by atoms with Gasteiger partial charge in [-0.15, -0.1) is 0 Å². The van der Waals surface area contributed by atoms with Gasteiger partial charge >= 0.3 is 0 Å². The summed E-state index contributed by atoms with van der Waals surface area (Å²) in [5, 5.41) is 0.816. The fraction of sp³-hybridized carbons (Fsp3) is 0.333. The van der Waals surface area contributed by atoms with E-state index in [-0.39, 0.29) is 17.5 Å². The number of piperidine rings is 1. The minimum Gasteiger partial charge on any atom is -0.486 e. The average Bonchev–Trinajstić information content (AvgIpc) is 2.78. The van der Waals surface area contributed by atoms with Gasteiger partial charge in [-0.2, -0.15) is 0 Å². The Hall–Kier alpha value is -2.99. The summed E-state index contributed by atoms with van der Waals surface area (Å²) in [5.74, 6) is 1.25. The molecule has 0 N–H and O–H groups in total. The van der Waals surface area contributed by atoms with Crippen LogP contribution in [0.4, 0.5) is 4.39 Å². The van der Waals surface area contributed by atoms with E-state index >= 15 is 0 Å². The van der Waals surface area contributed by atoms with Gasteiger partial charge in [-0.05, 0) is 67.9 Å². The van der Waals surface area contributed by atoms with Gasteiger partial charge < -0.3 is 9.47 Å². The number of ketones is 1. The molecule has 0 radical (unpaired) electrons. The van der Waals surface area contributed by atoms with Gasteiger partial charge in [0, 0.05) is 29.6 Å². The Morgan fingerprint density at radius 1 is 1.07 bits per heavy atom. The number of carbonyl (C=O) groups is 1. The number of rotatable bonds is 4. The summed E-state index contributed by atoms with van der Waals surface area (Å²) in [5.41, 5.74) is 2.41. The lowest BCUT2D eigenvalue weighted by Crippen LogP contribution is -2.36. The van der Waals surface area contributed by atoms with Crippen LogP contribution in [0, 0.1) is 11.7 Å². The SMILES string of the molecule is O=C(c1ccc2c(c1)OCCO2)C1CCN(Cc2cc(F)cc3cccnc23)CC1. The monoisotopic (exact) mass is 406 g/mol. The number of halogens is 1. The van der Waals surface area contributed by atoms with Crippen molar-refractivity contribution in [2.24, 2.45) is 5.92 Å². The molecule has 1 fully saturated rings. The fourth-order valence-corrected chi connectivity index (χ4v) is 4.37. The molecule has 3 aromatic rings. The fourth-order valence-electron chi connectivity index (χ4n) is 4.37. The summed E-state index contributed by atoms with van der Waals surface area (Å²) in [6.07, 6.45) is 3.31. The molecular weight excluding hydrogens is 383 g/mol. The minimum absolute atomic E-state index is 0.00816. The maximum atomic E-state index is 14.0. The maximum absolute atomic E-state index is 14.0. The van der Waals surface area contributed by atoms with Crippen molar-refractivity contribution in [3.63, 3.8) is 0 Å². The van der Waals surface area contributed by atoms with Crippen LogP contribution in [-0.2, 0) is 6.54 Å². The highest BCUT2D eigenvalue weighted by Crippen LogP contribution is 2.33. The Morgan fingerprint density at radius 3 is 2.70 bits per heavy atom. The molecule has 3 heterocycles. The largest absolute Gasteiger partial charge is 0.486 e. The van der Waals surface area contributed by atoms with Crippen molar-refractivity contribution in [2.75, 3.05) is 26.3 Å². The van der Waals surface area contributed by atoms with Crippen LogP contribution in [-0.4, -0.2) is 42.0 Å². The molecule has 5 nitrogen and oxygen atoms in total. The number of carbonyl (C=O) groups excluding carboxylic acids is 1. The Morgan fingerprint density at radius 2 is 1.87 bits per heavy atom. The summed E-state index contributed by atoms with van der Waals surface area (Å²) in [4.78, 5) is 19.7. The third-order valence-corrected chi connectivity index (χ3v) is 5.93. The highest BCUT2D eigenvalue weighted by atomic mass is 19.1. The van der Waals surface area contributed by atoms with Crippen LogP contribution < -0.4 is 9.47 Å². The number of ether oxygens (including phenoxy) is 2. The first-order valence-electron chi connectivity index (χ1n) is 10.4. The quantitative estimate of drug-likeness (QED) is 0.607. The molecule has 0 aliphatic carbocycles. The molecule has 0 saturated carbocycles. The van der Waals surface area contributed by atoms with Gasteiger partial charge in [0.25, 0.3) is 0 Å². The van der Waals surface area contributed by atoms with Crippen LogP contribution in [0.5, 0.6) is 11.5 Å². The van der Waals surface area contributed by atoms with E-state index in [1.807, 2.05) is 24.3 Å². The zero-order chi connectivity index (χ0) is 20.5. The summed E-state index contributed by atoms with van der Waals surface area (Å²) >= 11 is 0. The molecule has 30 heavy (non-hydrogen) atoms. The van der Waals surface area contributed by atoms with Gasteiger partial charge in [0.1, 0.15) is 19.0 Å². The van der Waals surface area contributed by atoms with Crippen LogP contribution in [0.15, 0.2) is 48.7 Å². The number of pyridine rings is 1.